The van der Waals surface area contributed by atoms with Gasteiger partial charge in [0.1, 0.15) is 0 Å². The van der Waals surface area contributed by atoms with Crippen LogP contribution in [0.25, 0.3) is 0 Å². The van der Waals surface area contributed by atoms with Crippen LogP contribution in [0.1, 0.15) is 12.0 Å². The number of aryl methyl sites for hydroxylation is 1. The van der Waals surface area contributed by atoms with Crippen LogP contribution in [0.3, 0.4) is 0 Å². The molecule has 1 heterocycles. The summed E-state index contributed by atoms with van der Waals surface area (Å²) in [6.07, 6.45) is 1.96. The lowest BCUT2D eigenvalue weighted by Gasteiger charge is -2.30. The second-order valence-corrected chi connectivity index (χ2v) is 6.35. The lowest BCUT2D eigenvalue weighted by Crippen LogP contribution is -2.41. The minimum Gasteiger partial charge on any atom is -0.463 e. The SMILES string of the molecule is COC(=O)/C(=N/Nc1ccc(Br)cc1)N1CCCc2ccccc21. The summed E-state index contributed by atoms with van der Waals surface area (Å²) in [5, 5.41) is 4.32. The van der Waals surface area contributed by atoms with Gasteiger partial charge in [0.15, 0.2) is 0 Å². The number of hydrogen-bond acceptors (Lipinski definition) is 4. The minimum absolute atomic E-state index is 0.257. The maximum atomic E-state index is 12.3. The molecule has 1 aliphatic heterocycles. The maximum Gasteiger partial charge on any atom is 0.376 e. The lowest BCUT2D eigenvalue weighted by molar-refractivity contribution is -0.132. The van der Waals surface area contributed by atoms with Crippen molar-refractivity contribution in [1.82, 2.24) is 0 Å². The minimum atomic E-state index is -0.462. The molecule has 0 saturated carbocycles. The molecule has 0 amide bonds. The van der Waals surface area contributed by atoms with Crippen LogP contribution in [0, 0.1) is 0 Å². The van der Waals surface area contributed by atoms with Gasteiger partial charge >= 0.3 is 5.97 Å². The van der Waals surface area contributed by atoms with E-state index in [1.54, 1.807) is 0 Å². The normalized spacial score (nSPS) is 14.1. The highest BCUT2D eigenvalue weighted by Gasteiger charge is 2.26. The summed E-state index contributed by atoms with van der Waals surface area (Å²) in [6.45, 7) is 0.729. The molecule has 0 radical (unpaired) electrons. The number of anilines is 2. The third-order valence-electron chi connectivity index (χ3n) is 3.87. The van der Waals surface area contributed by atoms with Gasteiger partial charge in [-0.25, -0.2) is 4.79 Å². The summed E-state index contributed by atoms with van der Waals surface area (Å²) in [7, 11) is 1.37. The maximum absolute atomic E-state index is 12.3. The Balaban J connectivity index is 1.91. The Kier molecular flexibility index (Phi) is 5.15. The molecular formula is C18H18BrN3O2. The van der Waals surface area contributed by atoms with Crippen LogP contribution in [0.5, 0.6) is 0 Å². The Hall–Kier alpha value is -2.34. The van der Waals surface area contributed by atoms with E-state index in [2.05, 4.69) is 32.5 Å². The summed E-state index contributed by atoms with van der Waals surface area (Å²) in [5.41, 5.74) is 5.95. The van der Waals surface area contributed by atoms with Crippen molar-refractivity contribution in [3.8, 4) is 0 Å². The number of carbonyl (C=O) groups excluding carboxylic acids is 1. The number of halogens is 1. The van der Waals surface area contributed by atoms with E-state index in [9.17, 15) is 4.79 Å². The predicted octanol–water partition coefficient (Wildman–Crippen LogP) is 3.80. The number of amidine groups is 1. The Morgan fingerprint density at radius 3 is 2.71 bits per heavy atom. The summed E-state index contributed by atoms with van der Waals surface area (Å²) < 4.78 is 5.91. The van der Waals surface area contributed by atoms with E-state index in [4.69, 9.17) is 4.74 Å². The molecule has 0 bridgehead atoms. The number of hydrazone groups is 1. The molecule has 1 N–H and O–H groups in total. The largest absolute Gasteiger partial charge is 0.463 e. The second kappa shape index (κ2) is 7.49. The van der Waals surface area contributed by atoms with Crippen molar-refractivity contribution in [2.24, 2.45) is 5.10 Å². The van der Waals surface area contributed by atoms with Crippen LogP contribution in [-0.2, 0) is 16.0 Å². The molecule has 0 saturated heterocycles. The van der Waals surface area contributed by atoms with Crippen molar-refractivity contribution in [1.29, 1.82) is 0 Å². The van der Waals surface area contributed by atoms with Crippen LogP contribution in [0.2, 0.25) is 0 Å². The molecule has 124 valence electrons. The van der Waals surface area contributed by atoms with E-state index in [0.717, 1.165) is 35.2 Å². The molecule has 24 heavy (non-hydrogen) atoms. The first-order chi connectivity index (χ1) is 11.7. The van der Waals surface area contributed by atoms with E-state index >= 15 is 0 Å². The van der Waals surface area contributed by atoms with Gasteiger partial charge in [0.2, 0.25) is 5.84 Å². The number of carbonyl (C=O) groups is 1. The first kappa shape index (κ1) is 16.5. The van der Waals surface area contributed by atoms with Gasteiger partial charge in [-0.05, 0) is 48.7 Å². The lowest BCUT2D eigenvalue weighted by atomic mass is 10.0. The molecule has 1 aliphatic rings. The van der Waals surface area contributed by atoms with Crippen LogP contribution >= 0.6 is 15.9 Å². The molecule has 0 fully saturated rings. The number of hydrogen-bond donors (Lipinski definition) is 1. The summed E-state index contributed by atoms with van der Waals surface area (Å²) in [5.74, 6) is -0.205. The molecule has 2 aromatic rings. The Morgan fingerprint density at radius 1 is 1.21 bits per heavy atom. The van der Waals surface area contributed by atoms with E-state index in [-0.39, 0.29) is 5.84 Å². The molecule has 0 unspecified atom stereocenters. The van der Waals surface area contributed by atoms with Gasteiger partial charge < -0.3 is 9.64 Å². The first-order valence-corrected chi connectivity index (χ1v) is 8.51. The Labute approximate surface area is 149 Å². The van der Waals surface area contributed by atoms with E-state index in [1.807, 2.05) is 47.4 Å². The zero-order valence-corrected chi connectivity index (χ0v) is 14.9. The molecule has 5 nitrogen and oxygen atoms in total. The highest BCUT2D eigenvalue weighted by Crippen LogP contribution is 2.27. The summed E-state index contributed by atoms with van der Waals surface area (Å²) in [6, 6.07) is 15.6. The fourth-order valence-electron chi connectivity index (χ4n) is 2.70. The van der Waals surface area contributed by atoms with Gasteiger partial charge in [0.05, 0.1) is 12.8 Å². The average molecular weight is 388 g/mol. The van der Waals surface area contributed by atoms with Gasteiger partial charge in [-0.15, -0.1) is 5.10 Å². The molecule has 2 aromatic carbocycles. The Morgan fingerprint density at radius 2 is 1.96 bits per heavy atom. The smallest absolute Gasteiger partial charge is 0.376 e. The fourth-order valence-corrected chi connectivity index (χ4v) is 2.97. The molecule has 0 atom stereocenters. The van der Waals surface area contributed by atoms with Crippen molar-refractivity contribution in [2.75, 3.05) is 24.0 Å². The van der Waals surface area contributed by atoms with Crippen molar-refractivity contribution >= 4 is 39.1 Å². The molecule has 0 aliphatic carbocycles. The van der Waals surface area contributed by atoms with Gasteiger partial charge in [0.25, 0.3) is 0 Å². The molecule has 3 rings (SSSR count). The van der Waals surface area contributed by atoms with Gasteiger partial charge in [-0.3, -0.25) is 5.43 Å². The number of para-hydroxylation sites is 1. The van der Waals surface area contributed by atoms with Crippen molar-refractivity contribution in [3.63, 3.8) is 0 Å². The topological polar surface area (TPSA) is 53.9 Å². The standard InChI is InChI=1S/C18H18BrN3O2/c1-24-18(23)17(21-20-15-10-8-14(19)9-11-15)22-12-4-6-13-5-2-3-7-16(13)22/h2-3,5,7-11,20H,4,6,12H2,1H3/b21-17-. The number of fused-ring (bicyclic) bond motifs is 1. The zero-order chi connectivity index (χ0) is 16.9. The van der Waals surface area contributed by atoms with E-state index in [0.29, 0.717) is 0 Å². The van der Waals surface area contributed by atoms with Gasteiger partial charge in [-0.2, -0.15) is 0 Å². The van der Waals surface area contributed by atoms with Gasteiger partial charge in [0, 0.05) is 16.7 Å². The zero-order valence-electron chi connectivity index (χ0n) is 13.3. The van der Waals surface area contributed by atoms with Crippen molar-refractivity contribution in [2.45, 2.75) is 12.8 Å². The van der Waals surface area contributed by atoms with Crippen LogP contribution in [-0.4, -0.2) is 25.5 Å². The third kappa shape index (κ3) is 3.59. The van der Waals surface area contributed by atoms with Crippen molar-refractivity contribution in [3.05, 3.63) is 58.6 Å². The molecular weight excluding hydrogens is 370 g/mol. The van der Waals surface area contributed by atoms with E-state index < -0.39 is 5.97 Å². The number of ether oxygens (including phenoxy) is 1. The number of esters is 1. The number of rotatable bonds is 2. The number of methoxy groups -OCH3 is 1. The highest BCUT2D eigenvalue weighted by atomic mass is 79.9. The fraction of sp³-hybridized carbons (Fsp3) is 0.222. The molecule has 0 aromatic heterocycles. The number of nitrogens with one attached hydrogen (secondary N) is 1. The average Bonchev–Trinajstić information content (AvgIpc) is 2.63. The first-order valence-electron chi connectivity index (χ1n) is 7.72. The van der Waals surface area contributed by atoms with E-state index in [1.165, 1.54) is 12.7 Å². The quantitative estimate of drug-likeness (QED) is 0.368. The van der Waals surface area contributed by atoms with Gasteiger partial charge in [-0.1, -0.05) is 34.1 Å². The monoisotopic (exact) mass is 387 g/mol. The summed E-state index contributed by atoms with van der Waals surface area (Å²) >= 11 is 3.39. The number of nitrogens with zero attached hydrogens (tertiary/aromatic N) is 2. The molecule has 6 heteroatoms. The molecule has 0 spiro atoms. The van der Waals surface area contributed by atoms with Crippen molar-refractivity contribution < 1.29 is 9.53 Å². The predicted molar refractivity (Wildman–Crippen MR) is 99.3 cm³/mol. The second-order valence-electron chi connectivity index (χ2n) is 5.43. The Bertz CT molecular complexity index is 759. The summed E-state index contributed by atoms with van der Waals surface area (Å²) in [4.78, 5) is 14.2. The number of benzene rings is 2. The van der Waals surface area contributed by atoms with Crippen LogP contribution in [0.15, 0.2) is 58.1 Å². The van der Waals surface area contributed by atoms with Crippen LogP contribution < -0.4 is 10.3 Å². The third-order valence-corrected chi connectivity index (χ3v) is 4.40. The highest BCUT2D eigenvalue weighted by molar-refractivity contribution is 9.10. The van der Waals surface area contributed by atoms with Crippen LogP contribution in [0.4, 0.5) is 11.4 Å².